The van der Waals surface area contributed by atoms with Crippen LogP contribution in [0, 0.1) is 28.6 Å². The van der Waals surface area contributed by atoms with E-state index in [1.807, 2.05) is 0 Å². The quantitative estimate of drug-likeness (QED) is 0.330. The van der Waals surface area contributed by atoms with Crippen molar-refractivity contribution in [1.82, 2.24) is 0 Å². The molecule has 4 aliphatic carbocycles. The van der Waals surface area contributed by atoms with E-state index in [2.05, 4.69) is 45.0 Å². The van der Waals surface area contributed by atoms with E-state index in [0.29, 0.717) is 30.3 Å². The SMILES string of the molecule is CC1(C)COC2(CCC3=C4C(c5ccc(CCOC(C)(C)O)cc5)CC5(C)C(O)CCC5C4CCC3C2)OC1. The highest BCUT2D eigenvalue weighted by Gasteiger charge is 2.57. The van der Waals surface area contributed by atoms with Gasteiger partial charge in [0.2, 0.25) is 0 Å². The van der Waals surface area contributed by atoms with Gasteiger partial charge in [-0.1, -0.05) is 56.2 Å². The fourth-order valence-electron chi connectivity index (χ4n) is 8.83. The van der Waals surface area contributed by atoms with Gasteiger partial charge < -0.3 is 24.4 Å². The number of fused-ring (bicyclic) bond motifs is 4. The number of aliphatic hydroxyl groups is 2. The van der Waals surface area contributed by atoms with Crippen LogP contribution in [-0.4, -0.2) is 47.7 Å². The molecule has 5 heteroatoms. The lowest BCUT2D eigenvalue weighted by molar-refractivity contribution is -0.312. The molecule has 0 bridgehead atoms. The maximum absolute atomic E-state index is 11.2. The standard InChI is InChI=1S/C34H50O5/c1-31(2)20-38-34(39-21-31)16-14-25-24(18-34)10-11-26-28-12-13-29(35)33(28,5)19-27(30(25)26)23-8-6-22(7-9-23)15-17-37-32(3,4)36/h6-9,24,26-29,35-36H,10-21H2,1-5H3. The fraction of sp³-hybridized carbons (Fsp3) is 0.765. The molecule has 6 unspecified atom stereocenters. The molecular formula is C34H50O5. The zero-order valence-corrected chi connectivity index (χ0v) is 24.8. The molecule has 1 saturated heterocycles. The molecule has 1 aliphatic heterocycles. The minimum absolute atomic E-state index is 0.0114. The second kappa shape index (κ2) is 9.94. The molecule has 0 aromatic heterocycles. The van der Waals surface area contributed by atoms with Crippen LogP contribution in [0.3, 0.4) is 0 Å². The summed E-state index contributed by atoms with van der Waals surface area (Å²) >= 11 is 0. The van der Waals surface area contributed by atoms with Crippen molar-refractivity contribution in [3.8, 4) is 0 Å². The third-order valence-corrected chi connectivity index (χ3v) is 11.0. The van der Waals surface area contributed by atoms with Crippen LogP contribution in [0.1, 0.15) is 103 Å². The van der Waals surface area contributed by atoms with E-state index in [4.69, 9.17) is 14.2 Å². The van der Waals surface area contributed by atoms with Crippen molar-refractivity contribution in [1.29, 1.82) is 0 Å². The van der Waals surface area contributed by atoms with Gasteiger partial charge in [-0.05, 0) is 93.1 Å². The van der Waals surface area contributed by atoms with Crippen molar-refractivity contribution < 1.29 is 24.4 Å². The summed E-state index contributed by atoms with van der Waals surface area (Å²) in [5, 5.41) is 21.1. The molecule has 0 radical (unpaired) electrons. The van der Waals surface area contributed by atoms with Crippen LogP contribution in [-0.2, 0) is 20.6 Å². The number of ether oxygens (including phenoxy) is 3. The first-order valence-corrected chi connectivity index (χ1v) is 15.5. The minimum atomic E-state index is -1.10. The van der Waals surface area contributed by atoms with Crippen LogP contribution in [0.15, 0.2) is 35.4 Å². The van der Waals surface area contributed by atoms with Gasteiger partial charge in [0.15, 0.2) is 11.6 Å². The molecule has 6 atom stereocenters. The fourth-order valence-corrected chi connectivity index (χ4v) is 8.83. The normalized spacial score (nSPS) is 37.4. The molecule has 5 nitrogen and oxygen atoms in total. The third kappa shape index (κ3) is 5.28. The highest BCUT2D eigenvalue weighted by atomic mass is 16.7. The van der Waals surface area contributed by atoms with E-state index >= 15 is 0 Å². The predicted octanol–water partition coefficient (Wildman–Crippen LogP) is 6.51. The predicted molar refractivity (Wildman–Crippen MR) is 152 cm³/mol. The maximum Gasteiger partial charge on any atom is 0.169 e. The van der Waals surface area contributed by atoms with Crippen molar-refractivity contribution in [3.05, 3.63) is 46.5 Å². The summed E-state index contributed by atoms with van der Waals surface area (Å²) in [5.41, 5.74) is 6.12. The smallest absolute Gasteiger partial charge is 0.169 e. The minimum Gasteiger partial charge on any atom is -0.393 e. The van der Waals surface area contributed by atoms with Crippen molar-refractivity contribution in [2.75, 3.05) is 19.8 Å². The van der Waals surface area contributed by atoms with Crippen LogP contribution in [0.2, 0.25) is 0 Å². The molecule has 1 heterocycles. The summed E-state index contributed by atoms with van der Waals surface area (Å²) in [6.45, 7) is 12.2. The van der Waals surface area contributed by atoms with Gasteiger partial charge in [-0.2, -0.15) is 0 Å². The summed E-state index contributed by atoms with van der Waals surface area (Å²) in [4.78, 5) is 0. The van der Waals surface area contributed by atoms with Gasteiger partial charge in [0, 0.05) is 24.2 Å². The van der Waals surface area contributed by atoms with E-state index in [0.717, 1.165) is 58.2 Å². The third-order valence-electron chi connectivity index (χ3n) is 11.0. The van der Waals surface area contributed by atoms with E-state index in [-0.39, 0.29) is 16.9 Å². The van der Waals surface area contributed by atoms with Crippen LogP contribution < -0.4 is 0 Å². The van der Waals surface area contributed by atoms with E-state index in [1.165, 1.54) is 24.0 Å². The lowest BCUT2D eigenvalue weighted by atomic mass is 9.52. The van der Waals surface area contributed by atoms with Crippen LogP contribution in [0.4, 0.5) is 0 Å². The number of hydrogen-bond acceptors (Lipinski definition) is 5. The van der Waals surface area contributed by atoms with Gasteiger partial charge in [0.1, 0.15) is 0 Å². The van der Waals surface area contributed by atoms with Crippen molar-refractivity contribution in [2.24, 2.45) is 28.6 Å². The average Bonchev–Trinajstić information content (AvgIpc) is 3.19. The highest BCUT2D eigenvalue weighted by molar-refractivity contribution is 5.41. The van der Waals surface area contributed by atoms with Crippen molar-refractivity contribution in [3.63, 3.8) is 0 Å². The van der Waals surface area contributed by atoms with Gasteiger partial charge in [0.05, 0.1) is 25.9 Å². The van der Waals surface area contributed by atoms with Crippen molar-refractivity contribution in [2.45, 2.75) is 116 Å². The maximum atomic E-state index is 11.2. The molecule has 3 saturated carbocycles. The monoisotopic (exact) mass is 538 g/mol. The Balaban J connectivity index is 1.29. The molecule has 2 N–H and O–H groups in total. The first-order valence-electron chi connectivity index (χ1n) is 15.5. The zero-order chi connectivity index (χ0) is 27.6. The lowest BCUT2D eigenvalue weighted by Crippen LogP contribution is -2.52. The second-order valence-corrected chi connectivity index (χ2v) is 15.0. The van der Waals surface area contributed by atoms with Crippen LogP contribution in [0.5, 0.6) is 0 Å². The molecule has 1 aromatic carbocycles. The van der Waals surface area contributed by atoms with Gasteiger partial charge >= 0.3 is 0 Å². The second-order valence-electron chi connectivity index (χ2n) is 15.0. The van der Waals surface area contributed by atoms with Gasteiger partial charge in [0.25, 0.3) is 0 Å². The number of aliphatic hydroxyl groups excluding tert-OH is 1. The number of allylic oxidation sites excluding steroid dienone is 2. The first-order chi connectivity index (χ1) is 18.4. The Hall–Kier alpha value is -1.24. The molecule has 1 aromatic rings. The Morgan fingerprint density at radius 2 is 1.69 bits per heavy atom. The number of hydrogen-bond donors (Lipinski definition) is 2. The number of rotatable bonds is 5. The van der Waals surface area contributed by atoms with Crippen molar-refractivity contribution >= 4 is 0 Å². The molecule has 1 spiro atoms. The molecule has 6 rings (SSSR count). The summed E-state index contributed by atoms with van der Waals surface area (Å²) < 4.78 is 18.5. The highest BCUT2D eigenvalue weighted by Crippen LogP contribution is 2.65. The summed E-state index contributed by atoms with van der Waals surface area (Å²) in [6.07, 6.45) is 9.19. The molecule has 5 aliphatic rings. The number of benzene rings is 1. The summed E-state index contributed by atoms with van der Waals surface area (Å²) in [6, 6.07) is 9.13. The molecule has 0 amide bonds. The van der Waals surface area contributed by atoms with Crippen LogP contribution >= 0.6 is 0 Å². The molecule has 4 fully saturated rings. The molecule has 216 valence electrons. The summed E-state index contributed by atoms with van der Waals surface area (Å²) in [7, 11) is 0. The molecular weight excluding hydrogens is 488 g/mol. The van der Waals surface area contributed by atoms with Gasteiger partial charge in [-0.25, -0.2) is 0 Å². The van der Waals surface area contributed by atoms with Gasteiger partial charge in [-0.15, -0.1) is 0 Å². The Morgan fingerprint density at radius 1 is 0.974 bits per heavy atom. The zero-order valence-electron chi connectivity index (χ0n) is 24.8. The van der Waals surface area contributed by atoms with E-state index in [1.54, 1.807) is 25.0 Å². The Kier molecular flexibility index (Phi) is 7.11. The molecule has 39 heavy (non-hydrogen) atoms. The van der Waals surface area contributed by atoms with E-state index < -0.39 is 11.6 Å². The largest absolute Gasteiger partial charge is 0.393 e. The van der Waals surface area contributed by atoms with Crippen LogP contribution in [0.25, 0.3) is 0 Å². The lowest BCUT2D eigenvalue weighted by Gasteiger charge is -2.55. The summed E-state index contributed by atoms with van der Waals surface area (Å²) in [5.74, 6) is 0.584. The van der Waals surface area contributed by atoms with E-state index in [9.17, 15) is 10.2 Å². The average molecular weight is 539 g/mol. The topological polar surface area (TPSA) is 68.2 Å². The Morgan fingerprint density at radius 3 is 2.38 bits per heavy atom. The first kappa shape index (κ1) is 27.9. The Bertz CT molecular complexity index is 1070. The van der Waals surface area contributed by atoms with Gasteiger partial charge in [-0.3, -0.25) is 0 Å². The Labute approximate surface area is 235 Å².